The third-order valence-corrected chi connectivity index (χ3v) is 3.99. The zero-order valence-electron chi connectivity index (χ0n) is 16.8. The number of likely N-dealkylation sites (N-methyl/N-ethyl adjacent to an activating group) is 1. The van der Waals surface area contributed by atoms with E-state index in [1.807, 2.05) is 30.3 Å². The molecule has 1 aromatic carbocycles. The van der Waals surface area contributed by atoms with E-state index >= 15 is 0 Å². The molecule has 0 amide bonds. The Labute approximate surface area is 169 Å². The van der Waals surface area contributed by atoms with Gasteiger partial charge in [0.1, 0.15) is 5.82 Å². The van der Waals surface area contributed by atoms with Crippen molar-refractivity contribution < 1.29 is 19.8 Å². The number of aryl methyl sites for hydroxylation is 2. The predicted molar refractivity (Wildman–Crippen MR) is 109 cm³/mol. The van der Waals surface area contributed by atoms with Gasteiger partial charge in [-0.15, -0.1) is 0 Å². The van der Waals surface area contributed by atoms with Gasteiger partial charge in [-0.1, -0.05) is 12.1 Å². The first-order valence-electron chi connectivity index (χ1n) is 8.86. The van der Waals surface area contributed by atoms with Crippen LogP contribution in [0.1, 0.15) is 17.0 Å². The lowest BCUT2D eigenvalue weighted by Gasteiger charge is -2.15. The summed E-state index contributed by atoms with van der Waals surface area (Å²) in [5.74, 6) is 1.12. The average molecular weight is 401 g/mol. The average Bonchev–Trinajstić information content (AvgIpc) is 3.30. The minimum absolute atomic E-state index is 0.250. The quantitative estimate of drug-likeness (QED) is 0.607. The fourth-order valence-electron chi connectivity index (χ4n) is 2.67. The number of hydrogen-bond donors (Lipinski definition) is 2. The summed E-state index contributed by atoms with van der Waals surface area (Å²) in [4.78, 5) is 23.4. The minimum Gasteiger partial charge on any atom is -0.483 e. The SMILES string of the molecule is Cc1cccc(-n2cc(CN(C)CCc3nccn3C)cn2)c1.O=CO.O=CO. The molecule has 9 heteroatoms. The number of nitrogens with zero attached hydrogens (tertiary/aromatic N) is 5. The number of hydrogen-bond acceptors (Lipinski definition) is 5. The van der Waals surface area contributed by atoms with Crippen molar-refractivity contribution in [2.45, 2.75) is 19.9 Å². The van der Waals surface area contributed by atoms with Gasteiger partial charge >= 0.3 is 0 Å². The van der Waals surface area contributed by atoms with Gasteiger partial charge in [-0.2, -0.15) is 5.10 Å². The summed E-state index contributed by atoms with van der Waals surface area (Å²) in [5, 5.41) is 18.3. The molecule has 156 valence electrons. The molecular weight excluding hydrogens is 374 g/mol. The third-order valence-electron chi connectivity index (χ3n) is 3.99. The van der Waals surface area contributed by atoms with Gasteiger partial charge in [-0.3, -0.25) is 9.59 Å². The molecule has 0 aliphatic carbocycles. The molecule has 2 heterocycles. The molecule has 0 unspecified atom stereocenters. The maximum Gasteiger partial charge on any atom is 0.290 e. The fraction of sp³-hybridized carbons (Fsp3) is 0.300. The van der Waals surface area contributed by atoms with Crippen molar-refractivity contribution >= 4 is 12.9 Å². The Balaban J connectivity index is 0.000000626. The molecule has 0 atom stereocenters. The van der Waals surface area contributed by atoms with Crippen LogP contribution < -0.4 is 0 Å². The van der Waals surface area contributed by atoms with Crippen molar-refractivity contribution in [2.75, 3.05) is 13.6 Å². The van der Waals surface area contributed by atoms with Crippen molar-refractivity contribution in [3.05, 3.63) is 66.0 Å². The van der Waals surface area contributed by atoms with E-state index in [0.29, 0.717) is 0 Å². The Hall–Kier alpha value is -3.46. The topological polar surface area (TPSA) is 113 Å². The summed E-state index contributed by atoms with van der Waals surface area (Å²) in [6.07, 6.45) is 8.83. The van der Waals surface area contributed by atoms with Crippen LogP contribution in [0.25, 0.3) is 5.69 Å². The Morgan fingerprint density at radius 3 is 2.48 bits per heavy atom. The van der Waals surface area contributed by atoms with E-state index in [9.17, 15) is 0 Å². The number of rotatable bonds is 6. The van der Waals surface area contributed by atoms with Gasteiger partial charge in [0.25, 0.3) is 12.9 Å². The zero-order chi connectivity index (χ0) is 21.6. The first-order valence-corrected chi connectivity index (χ1v) is 8.86. The summed E-state index contributed by atoms with van der Waals surface area (Å²) in [6, 6.07) is 8.38. The van der Waals surface area contributed by atoms with Gasteiger partial charge in [0.2, 0.25) is 0 Å². The molecule has 3 aromatic rings. The summed E-state index contributed by atoms with van der Waals surface area (Å²) < 4.78 is 4.01. The Kier molecular flexibility index (Phi) is 10.4. The lowest BCUT2D eigenvalue weighted by molar-refractivity contribution is -0.123. The first-order chi connectivity index (χ1) is 13.9. The Bertz CT molecular complexity index is 869. The summed E-state index contributed by atoms with van der Waals surface area (Å²) in [7, 11) is 4.17. The summed E-state index contributed by atoms with van der Waals surface area (Å²) in [6.45, 7) is 3.45. The number of imidazole rings is 1. The van der Waals surface area contributed by atoms with Gasteiger partial charge in [-0.05, 0) is 31.7 Å². The molecule has 2 N–H and O–H groups in total. The van der Waals surface area contributed by atoms with Crippen LogP contribution in [-0.2, 0) is 29.6 Å². The Morgan fingerprint density at radius 1 is 1.21 bits per heavy atom. The molecule has 0 saturated heterocycles. The highest BCUT2D eigenvalue weighted by Gasteiger charge is 2.06. The molecule has 0 aliphatic heterocycles. The zero-order valence-corrected chi connectivity index (χ0v) is 16.8. The van der Waals surface area contributed by atoms with Gasteiger partial charge < -0.3 is 19.7 Å². The van der Waals surface area contributed by atoms with Crippen molar-refractivity contribution in [3.8, 4) is 5.69 Å². The van der Waals surface area contributed by atoms with Gasteiger partial charge in [0.15, 0.2) is 0 Å². The maximum atomic E-state index is 8.36. The van der Waals surface area contributed by atoms with Crippen LogP contribution in [0.4, 0.5) is 0 Å². The van der Waals surface area contributed by atoms with Gasteiger partial charge in [-0.25, -0.2) is 9.67 Å². The molecule has 0 spiro atoms. The predicted octanol–water partition coefficient (Wildman–Crippen LogP) is 1.99. The maximum absolute atomic E-state index is 8.36. The number of carbonyl (C=O) groups is 2. The number of aromatic nitrogens is 4. The normalized spacial score (nSPS) is 9.79. The highest BCUT2D eigenvalue weighted by molar-refractivity contribution is 5.35. The molecule has 0 bridgehead atoms. The van der Waals surface area contributed by atoms with Crippen LogP contribution >= 0.6 is 0 Å². The third kappa shape index (κ3) is 8.39. The van der Waals surface area contributed by atoms with Crippen LogP contribution in [0, 0.1) is 6.92 Å². The molecule has 0 fully saturated rings. The number of benzene rings is 1. The van der Waals surface area contributed by atoms with Crippen LogP contribution in [0.3, 0.4) is 0 Å². The van der Waals surface area contributed by atoms with E-state index in [4.69, 9.17) is 19.8 Å². The molecule has 2 aromatic heterocycles. The van der Waals surface area contributed by atoms with Crippen molar-refractivity contribution in [1.82, 2.24) is 24.2 Å². The standard InChI is InChI=1S/C18H23N5.2CH2O2/c1-15-5-4-6-17(11-15)23-14-16(12-20-23)13-21(2)9-7-18-19-8-10-22(18)3;2*2-1-3/h4-6,8,10-12,14H,7,9,13H2,1-3H3;2*1H,(H,2,3). The Morgan fingerprint density at radius 2 is 1.90 bits per heavy atom. The van der Waals surface area contributed by atoms with Crippen LogP contribution in [0.15, 0.2) is 49.1 Å². The first kappa shape index (κ1) is 23.6. The van der Waals surface area contributed by atoms with E-state index in [1.165, 1.54) is 11.1 Å². The second-order valence-corrected chi connectivity index (χ2v) is 6.29. The summed E-state index contributed by atoms with van der Waals surface area (Å²) in [5.41, 5.74) is 3.56. The van der Waals surface area contributed by atoms with E-state index in [1.54, 1.807) is 0 Å². The van der Waals surface area contributed by atoms with E-state index in [-0.39, 0.29) is 12.9 Å². The van der Waals surface area contributed by atoms with Gasteiger partial charge in [0, 0.05) is 50.7 Å². The van der Waals surface area contributed by atoms with Crippen molar-refractivity contribution in [3.63, 3.8) is 0 Å². The monoisotopic (exact) mass is 401 g/mol. The highest BCUT2D eigenvalue weighted by atomic mass is 16.3. The molecule has 0 aliphatic rings. The van der Waals surface area contributed by atoms with Crippen molar-refractivity contribution in [2.24, 2.45) is 7.05 Å². The van der Waals surface area contributed by atoms with Crippen molar-refractivity contribution in [1.29, 1.82) is 0 Å². The molecule has 0 radical (unpaired) electrons. The summed E-state index contributed by atoms with van der Waals surface area (Å²) >= 11 is 0. The minimum atomic E-state index is -0.250. The lowest BCUT2D eigenvalue weighted by Crippen LogP contribution is -2.21. The van der Waals surface area contributed by atoms with E-state index in [0.717, 1.165) is 31.0 Å². The van der Waals surface area contributed by atoms with Crippen LogP contribution in [-0.4, -0.2) is 61.0 Å². The van der Waals surface area contributed by atoms with E-state index in [2.05, 4.69) is 64.0 Å². The molecule has 9 nitrogen and oxygen atoms in total. The highest BCUT2D eigenvalue weighted by Crippen LogP contribution is 2.11. The lowest BCUT2D eigenvalue weighted by atomic mass is 10.2. The molecule has 29 heavy (non-hydrogen) atoms. The smallest absolute Gasteiger partial charge is 0.290 e. The second kappa shape index (κ2) is 12.8. The fourth-order valence-corrected chi connectivity index (χ4v) is 2.67. The largest absolute Gasteiger partial charge is 0.483 e. The molecular formula is C20H27N5O4. The van der Waals surface area contributed by atoms with Crippen LogP contribution in [0.2, 0.25) is 0 Å². The second-order valence-electron chi connectivity index (χ2n) is 6.29. The molecule has 0 saturated carbocycles. The molecule has 3 rings (SSSR count). The van der Waals surface area contributed by atoms with Crippen LogP contribution in [0.5, 0.6) is 0 Å². The number of carboxylic acid groups (broad SMARTS) is 2. The van der Waals surface area contributed by atoms with Gasteiger partial charge in [0.05, 0.1) is 11.9 Å². The van der Waals surface area contributed by atoms with E-state index < -0.39 is 0 Å².